The first-order chi connectivity index (χ1) is 5.65. The normalized spacial score (nSPS) is 22.9. The van der Waals surface area contributed by atoms with Crippen LogP contribution in [0.15, 0.2) is 0 Å². The number of likely N-dealkylation sites (N-methyl/N-ethyl adjacent to an activating group) is 1. The van der Waals surface area contributed by atoms with Crippen LogP contribution in [0.5, 0.6) is 0 Å². The van der Waals surface area contributed by atoms with Gasteiger partial charge < -0.3 is 10.6 Å². The number of piperazine rings is 1. The molecule has 4 nitrogen and oxygen atoms in total. The van der Waals surface area contributed by atoms with Gasteiger partial charge in [-0.3, -0.25) is 9.69 Å². The third-order valence-electron chi connectivity index (χ3n) is 2.32. The molecule has 1 atom stereocenters. The maximum absolute atomic E-state index is 11.4. The summed E-state index contributed by atoms with van der Waals surface area (Å²) >= 11 is 0. The van der Waals surface area contributed by atoms with Crippen molar-refractivity contribution < 1.29 is 4.79 Å². The lowest BCUT2D eigenvalue weighted by atomic mass is 10.2. The summed E-state index contributed by atoms with van der Waals surface area (Å²) in [7, 11) is 1.96. The summed E-state index contributed by atoms with van der Waals surface area (Å²) in [6.45, 7) is 4.84. The number of nitrogens with two attached hydrogens (primary N) is 1. The molecule has 1 fully saturated rings. The van der Waals surface area contributed by atoms with E-state index < -0.39 is 0 Å². The maximum atomic E-state index is 11.4. The van der Waals surface area contributed by atoms with E-state index in [1.54, 1.807) is 0 Å². The third kappa shape index (κ3) is 1.95. The molecule has 0 bridgehead atoms. The van der Waals surface area contributed by atoms with Crippen LogP contribution in [-0.2, 0) is 4.79 Å². The summed E-state index contributed by atoms with van der Waals surface area (Å²) in [4.78, 5) is 15.3. The fourth-order valence-electron chi connectivity index (χ4n) is 1.40. The van der Waals surface area contributed by atoms with E-state index in [1.807, 2.05) is 23.8 Å². The molecule has 0 saturated carbocycles. The number of hydrogen-bond donors (Lipinski definition) is 1. The lowest BCUT2D eigenvalue weighted by molar-refractivity contribution is -0.137. The Morgan fingerprint density at radius 1 is 1.58 bits per heavy atom. The van der Waals surface area contributed by atoms with E-state index in [0.717, 1.165) is 13.1 Å². The number of carbonyl (C=O) groups excluding carboxylic acids is 1. The first-order valence-electron chi connectivity index (χ1n) is 4.33. The average Bonchev–Trinajstić information content (AvgIpc) is 2.03. The summed E-state index contributed by atoms with van der Waals surface area (Å²) in [5.41, 5.74) is 5.49. The van der Waals surface area contributed by atoms with Crippen molar-refractivity contribution in [1.82, 2.24) is 9.80 Å². The highest BCUT2D eigenvalue weighted by atomic mass is 16.2. The summed E-state index contributed by atoms with van der Waals surface area (Å²) in [6, 6.07) is 0.186. The molecule has 0 aromatic rings. The molecule has 0 aromatic carbocycles. The number of rotatable bonds is 2. The fraction of sp³-hybridized carbons (Fsp3) is 0.875. The van der Waals surface area contributed by atoms with Crippen LogP contribution in [0.2, 0.25) is 0 Å². The van der Waals surface area contributed by atoms with E-state index in [0.29, 0.717) is 13.1 Å². The van der Waals surface area contributed by atoms with Crippen molar-refractivity contribution in [3.8, 4) is 0 Å². The largest absolute Gasteiger partial charge is 0.336 e. The zero-order valence-electron chi connectivity index (χ0n) is 7.79. The Morgan fingerprint density at radius 2 is 2.25 bits per heavy atom. The standard InChI is InChI=1S/C8H17N3O/c1-7(5-9)11-4-3-10(2)6-8(11)12/h7H,3-6,9H2,1-2H3. The van der Waals surface area contributed by atoms with Crippen LogP contribution in [0.4, 0.5) is 0 Å². The Kier molecular flexibility index (Phi) is 3.05. The van der Waals surface area contributed by atoms with E-state index in [9.17, 15) is 4.79 Å². The number of hydrogen-bond acceptors (Lipinski definition) is 3. The van der Waals surface area contributed by atoms with Gasteiger partial charge in [-0.25, -0.2) is 0 Å². The Balaban J connectivity index is 2.50. The molecule has 4 heteroatoms. The van der Waals surface area contributed by atoms with Crippen LogP contribution in [0.1, 0.15) is 6.92 Å². The Labute approximate surface area is 73.3 Å². The van der Waals surface area contributed by atoms with Crippen molar-refractivity contribution >= 4 is 5.91 Å². The monoisotopic (exact) mass is 171 g/mol. The summed E-state index contributed by atoms with van der Waals surface area (Å²) in [5, 5.41) is 0. The minimum Gasteiger partial charge on any atom is -0.336 e. The van der Waals surface area contributed by atoms with Crippen LogP contribution in [-0.4, -0.2) is 55.0 Å². The van der Waals surface area contributed by atoms with Gasteiger partial charge in [-0.05, 0) is 14.0 Å². The van der Waals surface area contributed by atoms with Gasteiger partial charge in [0, 0.05) is 25.7 Å². The average molecular weight is 171 g/mol. The molecular weight excluding hydrogens is 154 g/mol. The van der Waals surface area contributed by atoms with Gasteiger partial charge in [0.15, 0.2) is 0 Å². The number of nitrogens with zero attached hydrogens (tertiary/aromatic N) is 2. The van der Waals surface area contributed by atoms with Gasteiger partial charge in [-0.1, -0.05) is 0 Å². The molecule has 1 saturated heterocycles. The molecule has 1 amide bonds. The van der Waals surface area contributed by atoms with Gasteiger partial charge in [-0.15, -0.1) is 0 Å². The van der Waals surface area contributed by atoms with E-state index >= 15 is 0 Å². The molecule has 70 valence electrons. The summed E-state index contributed by atoms with van der Waals surface area (Å²) < 4.78 is 0. The second-order valence-corrected chi connectivity index (χ2v) is 3.41. The van der Waals surface area contributed by atoms with Gasteiger partial charge in [-0.2, -0.15) is 0 Å². The molecule has 1 aliphatic rings. The second kappa shape index (κ2) is 3.87. The van der Waals surface area contributed by atoms with Crippen molar-refractivity contribution in [3.05, 3.63) is 0 Å². The molecule has 2 N–H and O–H groups in total. The molecule has 0 spiro atoms. The van der Waals surface area contributed by atoms with Gasteiger partial charge in [0.2, 0.25) is 5.91 Å². The predicted molar refractivity (Wildman–Crippen MR) is 47.7 cm³/mol. The number of amides is 1. The van der Waals surface area contributed by atoms with Crippen molar-refractivity contribution in [1.29, 1.82) is 0 Å². The molecule has 12 heavy (non-hydrogen) atoms. The maximum Gasteiger partial charge on any atom is 0.237 e. The van der Waals surface area contributed by atoms with Crippen LogP contribution in [0.25, 0.3) is 0 Å². The first-order valence-corrected chi connectivity index (χ1v) is 4.33. The van der Waals surface area contributed by atoms with Crippen LogP contribution >= 0.6 is 0 Å². The second-order valence-electron chi connectivity index (χ2n) is 3.41. The Hall–Kier alpha value is -0.610. The van der Waals surface area contributed by atoms with Gasteiger partial charge in [0.05, 0.1) is 6.54 Å². The highest BCUT2D eigenvalue weighted by Gasteiger charge is 2.24. The smallest absolute Gasteiger partial charge is 0.237 e. The predicted octanol–water partition coefficient (Wildman–Crippen LogP) is -0.892. The summed E-state index contributed by atoms with van der Waals surface area (Å²) in [5.74, 6) is 0.196. The molecule has 0 aliphatic carbocycles. The lowest BCUT2D eigenvalue weighted by Crippen LogP contribution is -2.53. The molecule has 0 radical (unpaired) electrons. The molecule has 1 heterocycles. The zero-order chi connectivity index (χ0) is 9.14. The highest BCUT2D eigenvalue weighted by molar-refractivity contribution is 5.79. The molecular formula is C8H17N3O. The van der Waals surface area contributed by atoms with Crippen LogP contribution in [0.3, 0.4) is 0 Å². The number of carbonyl (C=O) groups is 1. The van der Waals surface area contributed by atoms with Gasteiger partial charge in [0.1, 0.15) is 0 Å². The third-order valence-corrected chi connectivity index (χ3v) is 2.32. The molecule has 1 rings (SSSR count). The summed E-state index contributed by atoms with van der Waals surface area (Å²) in [6.07, 6.45) is 0. The van der Waals surface area contributed by atoms with Gasteiger partial charge in [0.25, 0.3) is 0 Å². The molecule has 0 aromatic heterocycles. The zero-order valence-corrected chi connectivity index (χ0v) is 7.79. The first kappa shape index (κ1) is 9.48. The van der Waals surface area contributed by atoms with Crippen molar-refractivity contribution in [2.45, 2.75) is 13.0 Å². The highest BCUT2D eigenvalue weighted by Crippen LogP contribution is 2.04. The minimum absolute atomic E-state index is 0.186. The van der Waals surface area contributed by atoms with Crippen molar-refractivity contribution in [2.24, 2.45) is 5.73 Å². The van der Waals surface area contributed by atoms with E-state index in [2.05, 4.69) is 0 Å². The van der Waals surface area contributed by atoms with Crippen LogP contribution < -0.4 is 5.73 Å². The van der Waals surface area contributed by atoms with E-state index in [1.165, 1.54) is 0 Å². The Morgan fingerprint density at radius 3 is 2.75 bits per heavy atom. The lowest BCUT2D eigenvalue weighted by Gasteiger charge is -2.35. The minimum atomic E-state index is 0.186. The Bertz CT molecular complexity index is 172. The quantitative estimate of drug-likeness (QED) is 0.586. The van der Waals surface area contributed by atoms with E-state index in [-0.39, 0.29) is 11.9 Å². The topological polar surface area (TPSA) is 49.6 Å². The van der Waals surface area contributed by atoms with E-state index in [4.69, 9.17) is 5.73 Å². The molecule has 1 unspecified atom stereocenters. The van der Waals surface area contributed by atoms with Crippen LogP contribution in [0, 0.1) is 0 Å². The van der Waals surface area contributed by atoms with Crippen molar-refractivity contribution in [2.75, 3.05) is 33.2 Å². The van der Waals surface area contributed by atoms with Gasteiger partial charge >= 0.3 is 0 Å². The molecule has 1 aliphatic heterocycles. The fourth-order valence-corrected chi connectivity index (χ4v) is 1.40. The van der Waals surface area contributed by atoms with Crippen molar-refractivity contribution in [3.63, 3.8) is 0 Å². The SMILES string of the molecule is CC(CN)N1CCN(C)CC1=O.